The number of ether oxygens (including phenoxy) is 3. The number of rotatable bonds is 11. The SMILES string of the molecule is COCCOCCOCCNCc1ccc(Cl)cc1. The molecule has 0 aromatic heterocycles. The van der Waals surface area contributed by atoms with Gasteiger partial charge >= 0.3 is 0 Å². The summed E-state index contributed by atoms with van der Waals surface area (Å²) in [5, 5.41) is 4.07. The lowest BCUT2D eigenvalue weighted by Gasteiger charge is -2.07. The van der Waals surface area contributed by atoms with Crippen LogP contribution in [0.3, 0.4) is 0 Å². The topological polar surface area (TPSA) is 39.7 Å². The fraction of sp³-hybridized carbons (Fsp3) is 0.571. The zero-order chi connectivity index (χ0) is 13.8. The highest BCUT2D eigenvalue weighted by Gasteiger charge is 1.93. The van der Waals surface area contributed by atoms with E-state index in [9.17, 15) is 0 Å². The van der Waals surface area contributed by atoms with Crippen LogP contribution in [0.15, 0.2) is 24.3 Å². The van der Waals surface area contributed by atoms with E-state index in [1.807, 2.05) is 24.3 Å². The van der Waals surface area contributed by atoms with Crippen LogP contribution < -0.4 is 5.32 Å². The molecule has 0 aliphatic heterocycles. The molecule has 0 saturated carbocycles. The Morgan fingerprint density at radius 1 is 0.947 bits per heavy atom. The smallest absolute Gasteiger partial charge is 0.0701 e. The Labute approximate surface area is 120 Å². The Bertz CT molecular complexity index is 319. The van der Waals surface area contributed by atoms with Crippen molar-refractivity contribution in [2.24, 2.45) is 0 Å². The fourth-order valence-electron chi connectivity index (χ4n) is 1.44. The third-order valence-electron chi connectivity index (χ3n) is 2.47. The summed E-state index contributed by atoms with van der Waals surface area (Å²) in [7, 11) is 1.66. The molecule has 0 radical (unpaired) electrons. The number of halogens is 1. The summed E-state index contributed by atoms with van der Waals surface area (Å²) in [5.41, 5.74) is 1.22. The second kappa shape index (κ2) is 11.2. The molecule has 108 valence electrons. The van der Waals surface area contributed by atoms with Crippen molar-refractivity contribution in [3.05, 3.63) is 34.9 Å². The van der Waals surface area contributed by atoms with Crippen LogP contribution in [0.2, 0.25) is 5.02 Å². The van der Waals surface area contributed by atoms with Gasteiger partial charge in [-0.05, 0) is 17.7 Å². The summed E-state index contributed by atoms with van der Waals surface area (Å²) in [4.78, 5) is 0. The average molecular weight is 288 g/mol. The van der Waals surface area contributed by atoms with E-state index in [1.54, 1.807) is 7.11 Å². The minimum Gasteiger partial charge on any atom is -0.382 e. The third kappa shape index (κ3) is 8.97. The highest BCUT2D eigenvalue weighted by molar-refractivity contribution is 6.30. The van der Waals surface area contributed by atoms with Crippen LogP contribution in [0.1, 0.15) is 5.56 Å². The molecule has 0 heterocycles. The predicted octanol–water partition coefficient (Wildman–Crippen LogP) is 2.11. The summed E-state index contributed by atoms with van der Waals surface area (Å²) in [5.74, 6) is 0. The van der Waals surface area contributed by atoms with E-state index in [2.05, 4.69) is 5.32 Å². The van der Waals surface area contributed by atoms with E-state index in [-0.39, 0.29) is 0 Å². The van der Waals surface area contributed by atoms with Gasteiger partial charge in [-0.1, -0.05) is 23.7 Å². The maximum absolute atomic E-state index is 5.82. The molecule has 0 amide bonds. The summed E-state index contributed by atoms with van der Waals surface area (Å²) < 4.78 is 15.6. The molecule has 5 heteroatoms. The van der Waals surface area contributed by atoms with Gasteiger partial charge in [0.25, 0.3) is 0 Å². The largest absolute Gasteiger partial charge is 0.382 e. The van der Waals surface area contributed by atoms with Gasteiger partial charge in [-0.25, -0.2) is 0 Å². The molecule has 0 bridgehead atoms. The summed E-state index contributed by atoms with van der Waals surface area (Å²) in [6.07, 6.45) is 0. The molecule has 1 aromatic rings. The van der Waals surface area contributed by atoms with E-state index >= 15 is 0 Å². The molecular formula is C14H22ClNO3. The molecule has 0 fully saturated rings. The number of methoxy groups -OCH3 is 1. The van der Waals surface area contributed by atoms with Crippen molar-refractivity contribution < 1.29 is 14.2 Å². The summed E-state index contributed by atoms with van der Waals surface area (Å²) in [6.45, 7) is 4.80. The fourth-order valence-corrected chi connectivity index (χ4v) is 1.57. The molecule has 4 nitrogen and oxygen atoms in total. The first-order chi connectivity index (χ1) is 9.33. The molecule has 0 unspecified atom stereocenters. The monoisotopic (exact) mass is 287 g/mol. The molecule has 1 N–H and O–H groups in total. The first kappa shape index (κ1) is 16.4. The number of hydrogen-bond acceptors (Lipinski definition) is 4. The van der Waals surface area contributed by atoms with Crippen molar-refractivity contribution in [3.8, 4) is 0 Å². The van der Waals surface area contributed by atoms with Crippen molar-refractivity contribution in [3.63, 3.8) is 0 Å². The van der Waals surface area contributed by atoms with Crippen LogP contribution in [-0.4, -0.2) is 46.7 Å². The van der Waals surface area contributed by atoms with E-state index in [0.29, 0.717) is 33.0 Å². The van der Waals surface area contributed by atoms with Gasteiger partial charge in [0, 0.05) is 25.2 Å². The third-order valence-corrected chi connectivity index (χ3v) is 2.72. The van der Waals surface area contributed by atoms with Crippen LogP contribution in [0, 0.1) is 0 Å². The van der Waals surface area contributed by atoms with Crippen molar-refractivity contribution in [2.75, 3.05) is 46.7 Å². The van der Waals surface area contributed by atoms with Crippen LogP contribution in [-0.2, 0) is 20.8 Å². The Balaban J connectivity index is 1.87. The molecule has 0 aliphatic rings. The van der Waals surface area contributed by atoms with Gasteiger partial charge in [0.05, 0.1) is 33.0 Å². The van der Waals surface area contributed by atoms with Crippen molar-refractivity contribution in [2.45, 2.75) is 6.54 Å². The zero-order valence-electron chi connectivity index (χ0n) is 11.4. The number of benzene rings is 1. The Morgan fingerprint density at radius 3 is 2.26 bits per heavy atom. The van der Waals surface area contributed by atoms with E-state index in [1.165, 1.54) is 5.56 Å². The summed E-state index contributed by atoms with van der Waals surface area (Å²) in [6, 6.07) is 7.82. The Kier molecular flexibility index (Phi) is 9.67. The van der Waals surface area contributed by atoms with Crippen molar-refractivity contribution in [1.29, 1.82) is 0 Å². The minimum atomic E-state index is 0.612. The molecule has 19 heavy (non-hydrogen) atoms. The highest BCUT2D eigenvalue weighted by Crippen LogP contribution is 2.08. The molecule has 0 saturated heterocycles. The van der Waals surface area contributed by atoms with E-state index in [0.717, 1.165) is 18.1 Å². The van der Waals surface area contributed by atoms with Gasteiger partial charge in [0.1, 0.15) is 0 Å². The number of nitrogens with one attached hydrogen (secondary N) is 1. The van der Waals surface area contributed by atoms with Gasteiger partial charge in [-0.2, -0.15) is 0 Å². The van der Waals surface area contributed by atoms with Gasteiger partial charge in [0.15, 0.2) is 0 Å². The van der Waals surface area contributed by atoms with Crippen LogP contribution in [0.5, 0.6) is 0 Å². The normalized spacial score (nSPS) is 10.8. The highest BCUT2D eigenvalue weighted by atomic mass is 35.5. The molecule has 1 rings (SSSR count). The standard InChI is InChI=1S/C14H22ClNO3/c1-17-8-9-19-11-10-18-7-6-16-12-13-2-4-14(15)5-3-13/h2-5,16H,6-12H2,1H3. The minimum absolute atomic E-state index is 0.612. The van der Waals surface area contributed by atoms with E-state index < -0.39 is 0 Å². The molecule has 1 aromatic carbocycles. The van der Waals surface area contributed by atoms with Crippen LogP contribution in [0.4, 0.5) is 0 Å². The predicted molar refractivity (Wildman–Crippen MR) is 76.7 cm³/mol. The molecule has 0 aliphatic carbocycles. The summed E-state index contributed by atoms with van der Waals surface area (Å²) >= 11 is 5.82. The lowest BCUT2D eigenvalue weighted by atomic mass is 10.2. The number of hydrogen-bond donors (Lipinski definition) is 1. The van der Waals surface area contributed by atoms with Crippen LogP contribution >= 0.6 is 11.6 Å². The maximum Gasteiger partial charge on any atom is 0.0701 e. The van der Waals surface area contributed by atoms with Gasteiger partial charge < -0.3 is 19.5 Å². The second-order valence-corrected chi connectivity index (χ2v) is 4.46. The van der Waals surface area contributed by atoms with Gasteiger partial charge in [0.2, 0.25) is 0 Å². The first-order valence-electron chi connectivity index (χ1n) is 6.42. The van der Waals surface area contributed by atoms with Crippen molar-refractivity contribution in [1.82, 2.24) is 5.32 Å². The van der Waals surface area contributed by atoms with E-state index in [4.69, 9.17) is 25.8 Å². The lowest BCUT2D eigenvalue weighted by Crippen LogP contribution is -2.20. The molecule has 0 atom stereocenters. The van der Waals surface area contributed by atoms with Gasteiger partial charge in [-0.15, -0.1) is 0 Å². The van der Waals surface area contributed by atoms with Gasteiger partial charge in [-0.3, -0.25) is 0 Å². The van der Waals surface area contributed by atoms with Crippen LogP contribution in [0.25, 0.3) is 0 Å². The molecular weight excluding hydrogens is 266 g/mol. The second-order valence-electron chi connectivity index (χ2n) is 4.02. The molecule has 0 spiro atoms. The first-order valence-corrected chi connectivity index (χ1v) is 6.80. The average Bonchev–Trinajstić information content (AvgIpc) is 2.43. The Morgan fingerprint density at radius 2 is 1.58 bits per heavy atom. The Hall–Kier alpha value is -0.650. The van der Waals surface area contributed by atoms with Crippen molar-refractivity contribution >= 4 is 11.6 Å². The zero-order valence-corrected chi connectivity index (χ0v) is 12.1. The quantitative estimate of drug-likeness (QED) is 0.633. The lowest BCUT2D eigenvalue weighted by molar-refractivity contribution is 0.0255. The maximum atomic E-state index is 5.82.